The van der Waals surface area contributed by atoms with Gasteiger partial charge >= 0.3 is 141 Å². The molecule has 0 fully saturated rings. The summed E-state index contributed by atoms with van der Waals surface area (Å²) < 4.78 is 33.1. The Morgan fingerprint density at radius 2 is 1.46 bits per heavy atom. The van der Waals surface area contributed by atoms with E-state index in [-0.39, 0.29) is 6.61 Å². The molecule has 0 saturated carbocycles. The van der Waals surface area contributed by atoms with E-state index in [1.165, 1.54) is 38.5 Å². The van der Waals surface area contributed by atoms with Crippen LogP contribution in [0, 0.1) is 0 Å². The first-order valence-corrected chi connectivity index (χ1v) is 12.1. The van der Waals surface area contributed by atoms with Crippen molar-refractivity contribution in [2.24, 2.45) is 0 Å². The molecule has 4 nitrogen and oxygen atoms in total. The second-order valence-corrected chi connectivity index (χ2v) is 9.02. The number of benzene rings is 1. The summed E-state index contributed by atoms with van der Waals surface area (Å²) in [5.41, 5.74) is 1.08. The van der Waals surface area contributed by atoms with Crippen molar-refractivity contribution < 1.29 is 15.9 Å². The van der Waals surface area contributed by atoms with Crippen molar-refractivity contribution in [2.45, 2.75) is 70.0 Å². The monoisotopic (exact) mass is 422 g/mol. The molecule has 1 aromatic carbocycles. The van der Waals surface area contributed by atoms with Crippen LogP contribution >= 0.6 is 0 Å². The zero-order valence-electron chi connectivity index (χ0n) is 14.6. The SMILES string of the molecule is CCCCCCCCCCCOS(=O)(=O)O[Se]Cc1ccccc1. The van der Waals surface area contributed by atoms with Gasteiger partial charge in [0.15, 0.2) is 0 Å². The number of unbranched alkanes of at least 4 members (excludes halogenated alkanes) is 8. The molecule has 0 saturated heterocycles. The van der Waals surface area contributed by atoms with Crippen LogP contribution < -0.4 is 0 Å². The number of hydrogen-bond acceptors (Lipinski definition) is 4. The van der Waals surface area contributed by atoms with Crippen molar-refractivity contribution in [3.63, 3.8) is 0 Å². The molecule has 0 radical (unpaired) electrons. The first kappa shape index (κ1) is 21.7. The predicted octanol–water partition coefficient (Wildman–Crippen LogP) is 4.61. The first-order chi connectivity index (χ1) is 11.6. The molecule has 0 aromatic heterocycles. The van der Waals surface area contributed by atoms with Crippen molar-refractivity contribution in [1.82, 2.24) is 0 Å². The summed E-state index contributed by atoms with van der Waals surface area (Å²) in [6.07, 6.45) is 10.7. The summed E-state index contributed by atoms with van der Waals surface area (Å²) in [7, 11) is -3.83. The quantitative estimate of drug-likeness (QED) is 0.306. The van der Waals surface area contributed by atoms with Gasteiger partial charge in [-0.2, -0.15) is 0 Å². The third-order valence-corrected chi connectivity index (χ3v) is 6.99. The van der Waals surface area contributed by atoms with E-state index in [1.54, 1.807) is 0 Å². The molecule has 0 bridgehead atoms. The Labute approximate surface area is 154 Å². The standard InChI is InChI=1S/C18H30O4SSe/c1-2-3-4-5-6-7-8-9-13-16-21-23(19,20)22-24-17-18-14-11-10-12-15-18/h10-12,14-15H,2-9,13,16-17H2,1H3. The van der Waals surface area contributed by atoms with Gasteiger partial charge in [0.25, 0.3) is 0 Å². The van der Waals surface area contributed by atoms with Gasteiger partial charge < -0.3 is 0 Å². The topological polar surface area (TPSA) is 52.6 Å². The first-order valence-electron chi connectivity index (χ1n) is 8.88. The Hall–Kier alpha value is -0.391. The van der Waals surface area contributed by atoms with E-state index in [2.05, 4.69) is 6.92 Å². The minimum atomic E-state index is -3.83. The zero-order chi connectivity index (χ0) is 17.5. The predicted molar refractivity (Wildman–Crippen MR) is 99.1 cm³/mol. The summed E-state index contributed by atoms with van der Waals surface area (Å²) in [4.78, 5) is 0. The average molecular weight is 421 g/mol. The normalized spacial score (nSPS) is 11.7. The Morgan fingerprint density at radius 3 is 2.08 bits per heavy atom. The van der Waals surface area contributed by atoms with Crippen LogP contribution in [0.4, 0.5) is 0 Å². The average Bonchev–Trinajstić information content (AvgIpc) is 2.57. The third-order valence-electron chi connectivity index (χ3n) is 3.68. The second kappa shape index (κ2) is 13.9. The molecular formula is C18H30O4SSe. The molecule has 24 heavy (non-hydrogen) atoms. The van der Waals surface area contributed by atoms with Crippen LogP contribution in [-0.4, -0.2) is 30.3 Å². The Kier molecular flexibility index (Phi) is 12.5. The minimum absolute atomic E-state index is 0.222. The maximum atomic E-state index is 11.6. The molecule has 1 aromatic rings. The molecule has 0 aliphatic carbocycles. The van der Waals surface area contributed by atoms with Crippen LogP contribution in [0.2, 0.25) is 0 Å². The molecule has 0 unspecified atom stereocenters. The van der Waals surface area contributed by atoms with Crippen LogP contribution in [0.5, 0.6) is 0 Å². The molecule has 6 heteroatoms. The van der Waals surface area contributed by atoms with E-state index >= 15 is 0 Å². The van der Waals surface area contributed by atoms with E-state index in [1.807, 2.05) is 30.3 Å². The molecule has 0 aliphatic heterocycles. The molecule has 0 heterocycles. The Balaban J connectivity index is 1.97. The fourth-order valence-electron chi connectivity index (χ4n) is 2.32. The van der Waals surface area contributed by atoms with E-state index in [0.717, 1.165) is 24.8 Å². The van der Waals surface area contributed by atoms with E-state index in [9.17, 15) is 8.42 Å². The zero-order valence-corrected chi connectivity index (χ0v) is 17.1. The van der Waals surface area contributed by atoms with Gasteiger partial charge in [0.2, 0.25) is 0 Å². The van der Waals surface area contributed by atoms with Gasteiger partial charge in [0.05, 0.1) is 0 Å². The van der Waals surface area contributed by atoms with Crippen molar-refractivity contribution >= 4 is 25.7 Å². The molecule has 0 spiro atoms. The van der Waals surface area contributed by atoms with E-state index in [4.69, 9.17) is 7.45 Å². The van der Waals surface area contributed by atoms with Gasteiger partial charge in [-0.15, -0.1) is 0 Å². The number of rotatable bonds is 15. The van der Waals surface area contributed by atoms with Crippen molar-refractivity contribution in [1.29, 1.82) is 0 Å². The summed E-state index contributed by atoms with van der Waals surface area (Å²) in [6.45, 7) is 2.44. The van der Waals surface area contributed by atoms with Crippen LogP contribution in [0.25, 0.3) is 0 Å². The summed E-state index contributed by atoms with van der Waals surface area (Å²) >= 11 is -0.460. The van der Waals surface area contributed by atoms with Crippen LogP contribution in [0.15, 0.2) is 30.3 Å². The molecule has 138 valence electrons. The fourth-order valence-corrected chi connectivity index (χ4v) is 4.83. The van der Waals surface area contributed by atoms with Gasteiger partial charge in [-0.05, 0) is 0 Å². The van der Waals surface area contributed by atoms with Gasteiger partial charge in [-0.3, -0.25) is 0 Å². The van der Waals surface area contributed by atoms with Crippen LogP contribution in [-0.2, 0) is 23.2 Å². The Morgan fingerprint density at radius 1 is 0.875 bits per heavy atom. The molecule has 0 amide bonds. The fraction of sp³-hybridized carbons (Fsp3) is 0.667. The summed E-state index contributed by atoms with van der Waals surface area (Å²) in [5, 5.41) is 0.620. The van der Waals surface area contributed by atoms with Crippen LogP contribution in [0.1, 0.15) is 70.3 Å². The number of hydrogen-bond donors (Lipinski definition) is 0. The van der Waals surface area contributed by atoms with Gasteiger partial charge in [0, 0.05) is 0 Å². The molecule has 1 rings (SSSR count). The van der Waals surface area contributed by atoms with Crippen molar-refractivity contribution in [3.05, 3.63) is 35.9 Å². The summed E-state index contributed by atoms with van der Waals surface area (Å²) in [6, 6.07) is 9.71. The third kappa shape index (κ3) is 12.0. The second-order valence-electron chi connectivity index (χ2n) is 5.87. The molecule has 0 atom stereocenters. The van der Waals surface area contributed by atoms with E-state index < -0.39 is 25.7 Å². The van der Waals surface area contributed by atoms with Crippen LogP contribution in [0.3, 0.4) is 0 Å². The van der Waals surface area contributed by atoms with Gasteiger partial charge in [-0.1, -0.05) is 13.3 Å². The maximum absolute atomic E-state index is 11.6. The molecule has 0 N–H and O–H groups in total. The molecule has 0 aliphatic rings. The van der Waals surface area contributed by atoms with Crippen molar-refractivity contribution in [2.75, 3.05) is 6.61 Å². The van der Waals surface area contributed by atoms with E-state index in [0.29, 0.717) is 5.32 Å². The Bertz CT molecular complexity index is 505. The van der Waals surface area contributed by atoms with Gasteiger partial charge in [0.1, 0.15) is 0 Å². The molecular weight excluding hydrogens is 391 g/mol. The van der Waals surface area contributed by atoms with Gasteiger partial charge in [-0.25, -0.2) is 0 Å². The van der Waals surface area contributed by atoms with Crippen molar-refractivity contribution in [3.8, 4) is 0 Å². The summed E-state index contributed by atoms with van der Waals surface area (Å²) in [5.74, 6) is 0.